The number of fused-ring (bicyclic) bond motifs is 6. The van der Waals surface area contributed by atoms with E-state index in [9.17, 15) is 0 Å². The molecule has 0 aliphatic carbocycles. The summed E-state index contributed by atoms with van der Waals surface area (Å²) in [6.07, 6.45) is 9.91. The van der Waals surface area contributed by atoms with E-state index in [-0.39, 0.29) is 17.9 Å². The Labute approximate surface area is 361 Å². The van der Waals surface area contributed by atoms with E-state index in [1.165, 1.54) is 36.8 Å². The highest BCUT2D eigenvalue weighted by atomic mass is 16.5. The Morgan fingerprint density at radius 1 is 0.689 bits per heavy atom. The summed E-state index contributed by atoms with van der Waals surface area (Å²) < 4.78 is 25.2. The van der Waals surface area contributed by atoms with Gasteiger partial charge in [-0.25, -0.2) is 0 Å². The molecule has 4 aliphatic rings. The van der Waals surface area contributed by atoms with Crippen LogP contribution in [0.1, 0.15) is 82.8 Å². The van der Waals surface area contributed by atoms with Crippen molar-refractivity contribution < 1.29 is 18.9 Å². The van der Waals surface area contributed by atoms with E-state index in [1.807, 2.05) is 42.7 Å². The Morgan fingerprint density at radius 2 is 1.31 bits per heavy atom. The number of nitrogens with zero attached hydrogens (tertiary/aromatic N) is 6. The Hall–Kier alpha value is -5.06. The summed E-state index contributed by atoms with van der Waals surface area (Å²) in [4.78, 5) is 14.9. The lowest BCUT2D eigenvalue weighted by Gasteiger charge is -2.52. The van der Waals surface area contributed by atoms with Gasteiger partial charge < -0.3 is 18.9 Å². The molecule has 7 heterocycles. The highest BCUT2D eigenvalue weighted by Gasteiger charge is 2.43. The van der Waals surface area contributed by atoms with E-state index in [2.05, 4.69) is 80.0 Å². The molecular formula is C51H62N6O4. The van der Waals surface area contributed by atoms with Gasteiger partial charge in [0.25, 0.3) is 0 Å². The molecule has 0 amide bonds. The number of benzene rings is 3. The molecule has 0 radical (unpaired) electrons. The number of piperidine rings is 4. The summed E-state index contributed by atoms with van der Waals surface area (Å²) in [5.41, 5.74) is 4.34. The van der Waals surface area contributed by atoms with Crippen LogP contribution >= 0.6 is 0 Å². The second kappa shape index (κ2) is 18.1. The van der Waals surface area contributed by atoms with Crippen LogP contribution in [0.4, 0.5) is 0 Å². The van der Waals surface area contributed by atoms with Gasteiger partial charge in [-0.05, 0) is 135 Å². The number of ether oxygens (including phenoxy) is 4. The molecule has 3 aromatic carbocycles. The maximum absolute atomic E-state index is 6.89. The van der Waals surface area contributed by atoms with Gasteiger partial charge in [-0.15, -0.1) is 10.2 Å². The Bertz CT molecular complexity index is 2460. The smallest absolute Gasteiger partial charge is 0.241 e. The normalized spacial score (nSPS) is 24.4. The summed E-state index contributed by atoms with van der Waals surface area (Å²) in [7, 11) is 3.44. The third kappa shape index (κ3) is 8.21. The van der Waals surface area contributed by atoms with Gasteiger partial charge in [0.1, 0.15) is 11.5 Å². The van der Waals surface area contributed by atoms with E-state index < -0.39 is 0 Å². The highest BCUT2D eigenvalue weighted by Crippen LogP contribution is 2.45. The van der Waals surface area contributed by atoms with E-state index in [4.69, 9.17) is 39.1 Å². The van der Waals surface area contributed by atoms with Crippen molar-refractivity contribution >= 4 is 32.6 Å². The predicted molar refractivity (Wildman–Crippen MR) is 243 cm³/mol. The molecule has 4 fully saturated rings. The number of pyridine rings is 2. The van der Waals surface area contributed by atoms with Gasteiger partial charge in [0.2, 0.25) is 11.8 Å². The zero-order chi connectivity index (χ0) is 42.0. The van der Waals surface area contributed by atoms with Crippen LogP contribution in [0.15, 0.2) is 85.2 Å². The maximum Gasteiger partial charge on any atom is 0.241 e. The Morgan fingerprint density at radius 3 is 1.92 bits per heavy atom. The largest absolute Gasteiger partial charge is 0.497 e. The van der Waals surface area contributed by atoms with E-state index in [0.29, 0.717) is 36.9 Å². The minimum Gasteiger partial charge on any atom is -0.497 e. The van der Waals surface area contributed by atoms with Crippen LogP contribution in [-0.4, -0.2) is 95.7 Å². The second-order valence-corrected chi connectivity index (χ2v) is 17.9. The summed E-state index contributed by atoms with van der Waals surface area (Å²) in [5.74, 6) is 5.69. The van der Waals surface area contributed by atoms with E-state index >= 15 is 0 Å². The van der Waals surface area contributed by atoms with Gasteiger partial charge in [0.05, 0.1) is 49.2 Å². The third-order valence-electron chi connectivity index (χ3n) is 14.9. The SMILES string of the molecule is CCC1CN(C(C)C(COc2nnc(OC[C@H](c3ccnc4ccc(OC)cc34)[C@@H]3CC4CCN3CC4CC)c3ccccc23)c2ccnc3ccc(OC)cc23)CCC1C. The highest BCUT2D eigenvalue weighted by molar-refractivity contribution is 5.90. The monoisotopic (exact) mass is 822 g/mol. The van der Waals surface area contributed by atoms with Crippen LogP contribution in [0.25, 0.3) is 32.6 Å². The molecule has 10 nitrogen and oxygen atoms in total. The van der Waals surface area contributed by atoms with Crippen LogP contribution in [0.3, 0.4) is 0 Å². The van der Waals surface area contributed by atoms with Crippen molar-refractivity contribution in [3.63, 3.8) is 0 Å². The number of hydrogen-bond acceptors (Lipinski definition) is 10. The molecule has 4 saturated heterocycles. The molecule has 0 spiro atoms. The van der Waals surface area contributed by atoms with Gasteiger partial charge in [0, 0.05) is 60.2 Å². The second-order valence-electron chi connectivity index (χ2n) is 17.9. The van der Waals surface area contributed by atoms with Gasteiger partial charge in [-0.2, -0.15) is 0 Å². The molecule has 3 aromatic heterocycles. The Kier molecular flexibility index (Phi) is 12.3. The summed E-state index contributed by atoms with van der Waals surface area (Å²) in [6, 6.07) is 25.4. The molecule has 10 rings (SSSR count). The lowest BCUT2D eigenvalue weighted by atomic mass is 9.70. The van der Waals surface area contributed by atoms with Crippen molar-refractivity contribution in [1.82, 2.24) is 30.0 Å². The van der Waals surface area contributed by atoms with Crippen molar-refractivity contribution in [3.05, 3.63) is 96.3 Å². The summed E-state index contributed by atoms with van der Waals surface area (Å²) >= 11 is 0. The lowest BCUT2D eigenvalue weighted by molar-refractivity contribution is -0.0174. The first kappa shape index (κ1) is 41.3. The predicted octanol–water partition coefficient (Wildman–Crippen LogP) is 9.95. The van der Waals surface area contributed by atoms with Crippen molar-refractivity contribution in [2.75, 3.05) is 53.6 Å². The van der Waals surface area contributed by atoms with Gasteiger partial charge in [-0.1, -0.05) is 45.7 Å². The minimum atomic E-state index is 0.0303. The van der Waals surface area contributed by atoms with E-state index in [1.54, 1.807) is 14.2 Å². The molecule has 61 heavy (non-hydrogen) atoms. The van der Waals surface area contributed by atoms with Crippen LogP contribution in [0.2, 0.25) is 0 Å². The number of rotatable bonds is 15. The molecule has 9 atom stereocenters. The number of likely N-dealkylation sites (tertiary alicyclic amines) is 1. The first-order valence-corrected chi connectivity index (χ1v) is 22.7. The first-order valence-electron chi connectivity index (χ1n) is 22.7. The summed E-state index contributed by atoms with van der Waals surface area (Å²) in [6.45, 7) is 14.8. The van der Waals surface area contributed by atoms with Crippen LogP contribution in [0, 0.1) is 23.7 Å². The van der Waals surface area contributed by atoms with Gasteiger partial charge >= 0.3 is 0 Å². The van der Waals surface area contributed by atoms with Crippen molar-refractivity contribution in [2.24, 2.45) is 23.7 Å². The topological polar surface area (TPSA) is 95.0 Å². The first-order chi connectivity index (χ1) is 29.9. The quantitative estimate of drug-likeness (QED) is 0.0997. The van der Waals surface area contributed by atoms with E-state index in [0.717, 1.165) is 94.4 Å². The molecular weight excluding hydrogens is 761 g/mol. The van der Waals surface area contributed by atoms with Crippen LogP contribution in [0.5, 0.6) is 23.3 Å². The molecule has 6 aromatic rings. The molecule has 4 aliphatic heterocycles. The number of aromatic nitrogens is 4. The minimum absolute atomic E-state index is 0.0303. The van der Waals surface area contributed by atoms with Gasteiger partial charge in [0.15, 0.2) is 0 Å². The fourth-order valence-electron chi connectivity index (χ4n) is 11.1. The number of hydrogen-bond donors (Lipinski definition) is 0. The summed E-state index contributed by atoms with van der Waals surface area (Å²) in [5, 5.41) is 13.5. The fraction of sp³-hybridized carbons (Fsp3) is 0.490. The molecule has 10 heteroatoms. The average Bonchev–Trinajstić information content (AvgIpc) is 3.31. The van der Waals surface area contributed by atoms with Crippen LogP contribution < -0.4 is 18.9 Å². The lowest BCUT2D eigenvalue weighted by Crippen LogP contribution is -2.55. The van der Waals surface area contributed by atoms with Crippen LogP contribution in [-0.2, 0) is 0 Å². The van der Waals surface area contributed by atoms with Crippen molar-refractivity contribution in [3.8, 4) is 23.3 Å². The third-order valence-corrected chi connectivity index (χ3v) is 14.9. The fourth-order valence-corrected chi connectivity index (χ4v) is 11.1. The van der Waals surface area contributed by atoms with Gasteiger partial charge in [-0.3, -0.25) is 19.8 Å². The maximum atomic E-state index is 6.89. The zero-order valence-corrected chi connectivity index (χ0v) is 36.8. The standard InChI is InChI=1S/C51H62N6O4/c1-7-34-28-56(23-19-32(34)3)33(4)45(39-17-21-52-47-15-13-37(58-5)26-43(39)47)30-60-50-41-11-9-10-12-42(41)51(55-54-50)61-31-46(49-25-36-20-24-57(49)29-35(36)8-2)40-18-22-53-48-16-14-38(59-6)27-44(40)48/h9-18,21-22,26-27,32-36,45-46,49H,7-8,19-20,23-25,28-31H2,1-6H3/t32?,33?,34?,35?,36?,45?,46-,49+/m1/s1. The zero-order valence-electron chi connectivity index (χ0n) is 36.8. The molecule has 7 unspecified atom stereocenters. The molecule has 0 N–H and O–H groups in total. The molecule has 2 bridgehead atoms. The average molecular weight is 823 g/mol. The Balaban J connectivity index is 1.03. The van der Waals surface area contributed by atoms with Crippen molar-refractivity contribution in [1.29, 1.82) is 0 Å². The molecule has 320 valence electrons. The number of methoxy groups -OCH3 is 2. The molecule has 0 saturated carbocycles. The van der Waals surface area contributed by atoms with Crippen molar-refractivity contribution in [2.45, 2.75) is 83.7 Å².